The van der Waals surface area contributed by atoms with Gasteiger partial charge in [-0.1, -0.05) is 6.07 Å². The average Bonchev–Trinajstić information content (AvgIpc) is 2.91. The monoisotopic (exact) mass is 187 g/mol. The van der Waals surface area contributed by atoms with Gasteiger partial charge < -0.3 is 9.67 Å². The SMILES string of the molecule is Cc1cc2c(O)cccc2n1C1CC1. The molecule has 1 aliphatic rings. The molecule has 0 radical (unpaired) electrons. The first-order valence-electron chi connectivity index (χ1n) is 5.07. The van der Waals surface area contributed by atoms with Gasteiger partial charge in [0.1, 0.15) is 5.75 Å². The van der Waals surface area contributed by atoms with Crippen molar-refractivity contribution in [3.63, 3.8) is 0 Å². The van der Waals surface area contributed by atoms with Gasteiger partial charge >= 0.3 is 0 Å². The molecule has 1 N–H and O–H groups in total. The van der Waals surface area contributed by atoms with E-state index in [1.807, 2.05) is 6.07 Å². The lowest BCUT2D eigenvalue weighted by Crippen LogP contribution is -1.94. The van der Waals surface area contributed by atoms with Crippen LogP contribution >= 0.6 is 0 Å². The molecule has 0 unspecified atom stereocenters. The van der Waals surface area contributed by atoms with E-state index in [1.54, 1.807) is 6.07 Å². The first-order valence-corrected chi connectivity index (χ1v) is 5.07. The van der Waals surface area contributed by atoms with Gasteiger partial charge in [-0.2, -0.15) is 0 Å². The highest BCUT2D eigenvalue weighted by Crippen LogP contribution is 2.40. The first-order chi connectivity index (χ1) is 6.77. The molecule has 1 fully saturated rings. The number of phenols is 1. The number of aryl methyl sites for hydroxylation is 1. The zero-order valence-electron chi connectivity index (χ0n) is 8.20. The van der Waals surface area contributed by atoms with Gasteiger partial charge in [0.15, 0.2) is 0 Å². The van der Waals surface area contributed by atoms with Crippen LogP contribution in [0.1, 0.15) is 24.6 Å². The van der Waals surface area contributed by atoms with Crippen LogP contribution in [0.5, 0.6) is 5.75 Å². The van der Waals surface area contributed by atoms with E-state index >= 15 is 0 Å². The Kier molecular flexibility index (Phi) is 1.43. The molecule has 2 aromatic rings. The zero-order chi connectivity index (χ0) is 9.71. The quantitative estimate of drug-likeness (QED) is 0.729. The number of rotatable bonds is 1. The molecule has 1 aliphatic carbocycles. The van der Waals surface area contributed by atoms with Gasteiger partial charge in [-0.05, 0) is 38.0 Å². The molecular weight excluding hydrogens is 174 g/mol. The lowest BCUT2D eigenvalue weighted by molar-refractivity contribution is 0.481. The van der Waals surface area contributed by atoms with Gasteiger partial charge in [0, 0.05) is 17.1 Å². The number of aromatic hydroxyl groups is 1. The zero-order valence-corrected chi connectivity index (χ0v) is 8.20. The van der Waals surface area contributed by atoms with Gasteiger partial charge in [-0.3, -0.25) is 0 Å². The molecule has 0 spiro atoms. The van der Waals surface area contributed by atoms with E-state index in [4.69, 9.17) is 0 Å². The predicted molar refractivity (Wildman–Crippen MR) is 56.6 cm³/mol. The molecule has 0 aliphatic heterocycles. The number of hydrogen-bond donors (Lipinski definition) is 1. The summed E-state index contributed by atoms with van der Waals surface area (Å²) >= 11 is 0. The second kappa shape index (κ2) is 2.53. The highest BCUT2D eigenvalue weighted by molar-refractivity contribution is 5.87. The van der Waals surface area contributed by atoms with Gasteiger partial charge in [0.25, 0.3) is 0 Å². The number of fused-ring (bicyclic) bond motifs is 1. The van der Waals surface area contributed by atoms with Crippen LogP contribution in [0.2, 0.25) is 0 Å². The van der Waals surface area contributed by atoms with E-state index in [0.717, 1.165) is 5.39 Å². The van der Waals surface area contributed by atoms with Crippen LogP contribution in [0, 0.1) is 6.92 Å². The van der Waals surface area contributed by atoms with Crippen molar-refractivity contribution in [2.45, 2.75) is 25.8 Å². The van der Waals surface area contributed by atoms with Crippen LogP contribution in [0.3, 0.4) is 0 Å². The fourth-order valence-electron chi connectivity index (χ4n) is 2.18. The Morgan fingerprint density at radius 3 is 2.86 bits per heavy atom. The summed E-state index contributed by atoms with van der Waals surface area (Å²) in [7, 11) is 0. The summed E-state index contributed by atoms with van der Waals surface area (Å²) in [4.78, 5) is 0. The van der Waals surface area contributed by atoms with Gasteiger partial charge in [0.2, 0.25) is 0 Å². The first kappa shape index (κ1) is 7.92. The maximum Gasteiger partial charge on any atom is 0.124 e. The third-order valence-corrected chi connectivity index (χ3v) is 2.96. The molecule has 0 bridgehead atoms. The molecule has 0 saturated heterocycles. The van der Waals surface area contributed by atoms with Gasteiger partial charge in [-0.15, -0.1) is 0 Å². The standard InChI is InChI=1S/C12H13NO/c1-8-7-10-11(3-2-4-12(10)14)13(8)9-5-6-9/h2-4,7,9,14H,5-6H2,1H3. The third-order valence-electron chi connectivity index (χ3n) is 2.96. The molecule has 1 heterocycles. The topological polar surface area (TPSA) is 25.2 Å². The van der Waals surface area contributed by atoms with Crippen molar-refractivity contribution in [2.75, 3.05) is 0 Å². The van der Waals surface area contributed by atoms with Crippen LogP contribution in [0.4, 0.5) is 0 Å². The highest BCUT2D eigenvalue weighted by Gasteiger charge is 2.26. The van der Waals surface area contributed by atoms with Gasteiger partial charge in [-0.25, -0.2) is 0 Å². The fraction of sp³-hybridized carbons (Fsp3) is 0.333. The Bertz CT molecular complexity index is 494. The molecule has 2 heteroatoms. The molecule has 1 aromatic heterocycles. The predicted octanol–water partition coefficient (Wildman–Crippen LogP) is 2.99. The minimum Gasteiger partial charge on any atom is -0.507 e. The molecule has 1 saturated carbocycles. The van der Waals surface area contributed by atoms with Crippen LogP contribution in [-0.2, 0) is 0 Å². The molecule has 1 aromatic carbocycles. The Balaban J connectivity index is 2.37. The molecule has 3 rings (SSSR count). The largest absolute Gasteiger partial charge is 0.507 e. The highest BCUT2D eigenvalue weighted by atomic mass is 16.3. The summed E-state index contributed by atoms with van der Waals surface area (Å²) in [6, 6.07) is 8.49. The van der Waals surface area contributed by atoms with E-state index in [2.05, 4.69) is 23.6 Å². The Morgan fingerprint density at radius 1 is 1.36 bits per heavy atom. The number of hydrogen-bond acceptors (Lipinski definition) is 1. The third kappa shape index (κ3) is 0.969. The number of benzene rings is 1. The lowest BCUT2D eigenvalue weighted by atomic mass is 10.2. The van der Waals surface area contributed by atoms with E-state index in [-0.39, 0.29) is 0 Å². The van der Waals surface area contributed by atoms with Crippen molar-refractivity contribution < 1.29 is 5.11 Å². The minimum atomic E-state index is 0.394. The van der Waals surface area contributed by atoms with Crippen molar-refractivity contribution in [1.82, 2.24) is 4.57 Å². The Hall–Kier alpha value is -1.44. The Labute approximate surface area is 82.8 Å². The second-order valence-corrected chi connectivity index (χ2v) is 4.10. The summed E-state index contributed by atoms with van der Waals surface area (Å²) in [6.07, 6.45) is 2.56. The number of aromatic nitrogens is 1. The van der Waals surface area contributed by atoms with Crippen molar-refractivity contribution in [2.24, 2.45) is 0 Å². The van der Waals surface area contributed by atoms with Crippen LogP contribution < -0.4 is 0 Å². The van der Waals surface area contributed by atoms with Crippen LogP contribution in [-0.4, -0.2) is 9.67 Å². The van der Waals surface area contributed by atoms with Crippen molar-refractivity contribution in [3.05, 3.63) is 30.0 Å². The van der Waals surface area contributed by atoms with Crippen LogP contribution in [0.25, 0.3) is 10.9 Å². The Morgan fingerprint density at radius 2 is 2.14 bits per heavy atom. The second-order valence-electron chi connectivity index (χ2n) is 4.10. The molecular formula is C12H13NO. The van der Waals surface area contributed by atoms with E-state index in [1.165, 1.54) is 24.1 Å². The summed E-state index contributed by atoms with van der Waals surface area (Å²) in [5.74, 6) is 0.394. The normalized spacial score (nSPS) is 16.4. The molecule has 0 atom stereocenters. The summed E-state index contributed by atoms with van der Waals surface area (Å²) in [5.41, 5.74) is 2.43. The number of nitrogens with zero attached hydrogens (tertiary/aromatic N) is 1. The van der Waals surface area contributed by atoms with E-state index in [0.29, 0.717) is 11.8 Å². The molecule has 0 amide bonds. The van der Waals surface area contributed by atoms with Gasteiger partial charge in [0.05, 0.1) is 5.52 Å². The minimum absolute atomic E-state index is 0.394. The van der Waals surface area contributed by atoms with E-state index in [9.17, 15) is 5.11 Å². The smallest absolute Gasteiger partial charge is 0.124 e. The molecule has 14 heavy (non-hydrogen) atoms. The van der Waals surface area contributed by atoms with E-state index < -0.39 is 0 Å². The maximum absolute atomic E-state index is 9.70. The lowest BCUT2D eigenvalue weighted by Gasteiger charge is -2.05. The van der Waals surface area contributed by atoms with Crippen molar-refractivity contribution in [3.8, 4) is 5.75 Å². The average molecular weight is 187 g/mol. The van der Waals surface area contributed by atoms with Crippen LogP contribution in [0.15, 0.2) is 24.3 Å². The maximum atomic E-state index is 9.70. The summed E-state index contributed by atoms with van der Waals surface area (Å²) in [6.45, 7) is 2.11. The number of phenolic OH excluding ortho intramolecular Hbond substituents is 1. The molecule has 2 nitrogen and oxygen atoms in total. The summed E-state index contributed by atoms with van der Waals surface area (Å²) in [5, 5.41) is 10.7. The van der Waals surface area contributed by atoms with Crippen molar-refractivity contribution >= 4 is 10.9 Å². The summed E-state index contributed by atoms with van der Waals surface area (Å²) < 4.78 is 2.34. The van der Waals surface area contributed by atoms with Crippen molar-refractivity contribution in [1.29, 1.82) is 0 Å². The molecule has 72 valence electrons. The fourth-order valence-corrected chi connectivity index (χ4v) is 2.18.